The summed E-state index contributed by atoms with van der Waals surface area (Å²) in [6, 6.07) is 5.43. The molecule has 1 aromatic carbocycles. The van der Waals surface area contributed by atoms with Crippen molar-refractivity contribution in [1.29, 1.82) is 0 Å². The Labute approximate surface area is 219 Å². The maximum Gasteiger partial charge on any atom is 0.359 e. The summed E-state index contributed by atoms with van der Waals surface area (Å²) >= 11 is 12.6. The maximum atomic E-state index is 12.8. The predicted octanol–water partition coefficient (Wildman–Crippen LogP) is 5.43. The fourth-order valence-electron chi connectivity index (χ4n) is 5.06. The van der Waals surface area contributed by atoms with E-state index in [1.807, 2.05) is 20.8 Å². The number of esters is 1. The highest BCUT2D eigenvalue weighted by atomic mass is 35.5. The number of piperidine rings is 1. The third kappa shape index (κ3) is 5.36. The number of nitrogens with zero attached hydrogens (tertiary/aromatic N) is 3. The molecule has 190 valence electrons. The van der Waals surface area contributed by atoms with Crippen LogP contribution in [0.15, 0.2) is 24.4 Å². The van der Waals surface area contributed by atoms with Crippen LogP contribution in [0.1, 0.15) is 63.4 Å². The highest BCUT2D eigenvalue weighted by Gasteiger charge is 2.46. The van der Waals surface area contributed by atoms with E-state index in [0.29, 0.717) is 27.1 Å². The predicted molar refractivity (Wildman–Crippen MR) is 141 cm³/mol. The van der Waals surface area contributed by atoms with Crippen molar-refractivity contribution < 1.29 is 13.7 Å². The second kappa shape index (κ2) is 10.3. The van der Waals surface area contributed by atoms with E-state index in [1.165, 1.54) is 7.11 Å². The van der Waals surface area contributed by atoms with Crippen LogP contribution in [-0.4, -0.2) is 51.1 Å². The quantitative estimate of drug-likeness (QED) is 0.511. The first-order chi connectivity index (χ1) is 16.6. The SMILES string of the molecule is COC(=O)c1nc(N2CCC3(CCC[C@H]3N[S@](=O)C(C)(C)C)CC2)cnc1-c1cccc(Cl)c1Cl. The Kier molecular flexibility index (Phi) is 7.77. The number of nitrogens with one attached hydrogen (secondary N) is 1. The molecular formula is C25H32Cl2N4O3S. The largest absolute Gasteiger partial charge is 0.464 e. The van der Waals surface area contributed by atoms with Gasteiger partial charge in [0.1, 0.15) is 11.5 Å². The average Bonchev–Trinajstić information content (AvgIpc) is 3.21. The summed E-state index contributed by atoms with van der Waals surface area (Å²) in [7, 11) is 0.228. The summed E-state index contributed by atoms with van der Waals surface area (Å²) in [4.78, 5) is 24.0. The van der Waals surface area contributed by atoms with E-state index in [1.54, 1.807) is 24.4 Å². The lowest BCUT2D eigenvalue weighted by Crippen LogP contribution is -2.51. The number of benzene rings is 1. The first-order valence-electron chi connectivity index (χ1n) is 11.9. The molecule has 2 heterocycles. The van der Waals surface area contributed by atoms with Crippen molar-refractivity contribution in [2.75, 3.05) is 25.1 Å². The van der Waals surface area contributed by atoms with Crippen molar-refractivity contribution in [2.24, 2.45) is 5.41 Å². The molecule has 7 nitrogen and oxygen atoms in total. The zero-order chi connectivity index (χ0) is 25.4. The number of halogens is 2. The Hall–Kier alpha value is -1.74. The molecule has 0 bridgehead atoms. The Morgan fingerprint density at radius 1 is 1.23 bits per heavy atom. The summed E-state index contributed by atoms with van der Waals surface area (Å²) in [5.74, 6) is 0.0477. The van der Waals surface area contributed by atoms with Crippen LogP contribution in [-0.2, 0) is 15.7 Å². The Morgan fingerprint density at radius 3 is 2.60 bits per heavy atom. The molecule has 2 atom stereocenters. The summed E-state index contributed by atoms with van der Waals surface area (Å²) in [5.41, 5.74) is 1.11. The van der Waals surface area contributed by atoms with Gasteiger partial charge in [0, 0.05) is 24.7 Å². The molecule has 1 saturated carbocycles. The molecule has 1 spiro atoms. The van der Waals surface area contributed by atoms with Crippen molar-refractivity contribution in [3.63, 3.8) is 0 Å². The number of hydrogen-bond donors (Lipinski definition) is 1. The molecule has 2 fully saturated rings. The molecule has 1 N–H and O–H groups in total. The summed E-state index contributed by atoms with van der Waals surface area (Å²) < 4.78 is 20.9. The lowest BCUT2D eigenvalue weighted by atomic mass is 9.74. The van der Waals surface area contributed by atoms with Crippen LogP contribution in [0.2, 0.25) is 10.0 Å². The Bertz CT molecular complexity index is 1130. The van der Waals surface area contributed by atoms with E-state index in [4.69, 9.17) is 27.9 Å². The fourth-order valence-corrected chi connectivity index (χ4v) is 6.43. The summed E-state index contributed by atoms with van der Waals surface area (Å²) in [6.07, 6.45) is 6.91. The van der Waals surface area contributed by atoms with Crippen molar-refractivity contribution in [2.45, 2.75) is 63.7 Å². The average molecular weight is 540 g/mol. The van der Waals surface area contributed by atoms with Gasteiger partial charge in [-0.1, -0.05) is 41.8 Å². The van der Waals surface area contributed by atoms with E-state index >= 15 is 0 Å². The summed E-state index contributed by atoms with van der Waals surface area (Å²) in [6.45, 7) is 7.56. The van der Waals surface area contributed by atoms with Crippen LogP contribution in [0.25, 0.3) is 11.3 Å². The molecule has 1 saturated heterocycles. The molecule has 10 heteroatoms. The van der Waals surface area contributed by atoms with Gasteiger partial charge in [-0.2, -0.15) is 0 Å². The number of methoxy groups -OCH3 is 1. The molecule has 0 unspecified atom stereocenters. The van der Waals surface area contributed by atoms with Gasteiger partial charge in [-0.25, -0.2) is 23.7 Å². The van der Waals surface area contributed by atoms with E-state index in [0.717, 1.165) is 45.2 Å². The first-order valence-corrected chi connectivity index (χ1v) is 13.8. The standard InChI is InChI=1S/C25H32Cl2N4O3S/c1-24(2,3)35(33)30-18-9-6-10-25(18)11-13-31(14-12-25)19-15-28-21(22(29-19)23(32)34-4)16-7-5-8-17(26)20(16)27/h5,7-8,15,18,30H,6,9-14H2,1-4H3/t18-,35-/m1/s1. The van der Waals surface area contributed by atoms with Crippen LogP contribution in [0.5, 0.6) is 0 Å². The molecule has 1 aromatic heterocycles. The maximum absolute atomic E-state index is 12.8. The minimum Gasteiger partial charge on any atom is -0.464 e. The van der Waals surface area contributed by atoms with Gasteiger partial charge in [-0.3, -0.25) is 0 Å². The summed E-state index contributed by atoms with van der Waals surface area (Å²) in [5, 5.41) is 0.688. The van der Waals surface area contributed by atoms with Gasteiger partial charge in [0.15, 0.2) is 5.69 Å². The monoisotopic (exact) mass is 538 g/mol. The zero-order valence-electron chi connectivity index (χ0n) is 20.6. The van der Waals surface area contributed by atoms with Crippen LogP contribution >= 0.6 is 23.2 Å². The van der Waals surface area contributed by atoms with Crippen molar-refractivity contribution >= 4 is 46.0 Å². The van der Waals surface area contributed by atoms with Gasteiger partial charge in [0.25, 0.3) is 0 Å². The molecule has 35 heavy (non-hydrogen) atoms. The lowest BCUT2D eigenvalue weighted by molar-refractivity contribution is 0.0594. The van der Waals surface area contributed by atoms with Crippen molar-refractivity contribution in [3.05, 3.63) is 40.1 Å². The van der Waals surface area contributed by atoms with Gasteiger partial charge in [-0.15, -0.1) is 0 Å². The number of rotatable bonds is 5. The molecule has 0 amide bonds. The molecule has 2 aromatic rings. The van der Waals surface area contributed by atoms with E-state index in [-0.39, 0.29) is 21.9 Å². The van der Waals surface area contributed by atoms with Gasteiger partial charge >= 0.3 is 5.97 Å². The van der Waals surface area contributed by atoms with E-state index in [9.17, 15) is 9.00 Å². The van der Waals surface area contributed by atoms with Gasteiger partial charge in [0.2, 0.25) is 0 Å². The van der Waals surface area contributed by atoms with Crippen LogP contribution in [0.4, 0.5) is 5.82 Å². The highest BCUT2D eigenvalue weighted by molar-refractivity contribution is 7.84. The normalized spacial score (nSPS) is 20.7. The van der Waals surface area contributed by atoms with Crippen molar-refractivity contribution in [1.82, 2.24) is 14.7 Å². The molecular weight excluding hydrogens is 507 g/mol. The highest BCUT2D eigenvalue weighted by Crippen LogP contribution is 2.47. The van der Waals surface area contributed by atoms with E-state index < -0.39 is 17.0 Å². The van der Waals surface area contributed by atoms with Gasteiger partial charge < -0.3 is 9.64 Å². The number of carbonyl (C=O) groups is 1. The van der Waals surface area contributed by atoms with Gasteiger partial charge in [-0.05, 0) is 57.9 Å². The van der Waals surface area contributed by atoms with Gasteiger partial charge in [0.05, 0.1) is 39.1 Å². The minimum absolute atomic E-state index is 0.107. The van der Waals surface area contributed by atoms with Crippen molar-refractivity contribution in [3.8, 4) is 11.3 Å². The minimum atomic E-state index is -1.09. The van der Waals surface area contributed by atoms with Crippen LogP contribution in [0, 0.1) is 5.41 Å². The van der Waals surface area contributed by atoms with Crippen LogP contribution < -0.4 is 9.62 Å². The Morgan fingerprint density at radius 2 is 1.94 bits per heavy atom. The second-order valence-electron chi connectivity index (χ2n) is 10.3. The number of ether oxygens (including phenoxy) is 1. The molecule has 1 aliphatic carbocycles. The second-order valence-corrected chi connectivity index (χ2v) is 13.1. The number of aromatic nitrogens is 2. The third-order valence-corrected chi connectivity index (χ3v) is 9.57. The number of anilines is 1. The number of hydrogen-bond acceptors (Lipinski definition) is 6. The fraction of sp³-hybridized carbons (Fsp3) is 0.560. The topological polar surface area (TPSA) is 84.4 Å². The Balaban J connectivity index is 1.55. The van der Waals surface area contributed by atoms with Crippen LogP contribution in [0.3, 0.4) is 0 Å². The molecule has 0 radical (unpaired) electrons. The molecule has 2 aliphatic rings. The van der Waals surface area contributed by atoms with E-state index in [2.05, 4.69) is 19.6 Å². The molecule has 1 aliphatic heterocycles. The number of carbonyl (C=O) groups excluding carboxylic acids is 1. The smallest absolute Gasteiger partial charge is 0.359 e. The molecule has 4 rings (SSSR count). The third-order valence-electron chi connectivity index (χ3n) is 7.14. The first kappa shape index (κ1) is 26.3. The lowest BCUT2D eigenvalue weighted by Gasteiger charge is -2.44. The zero-order valence-corrected chi connectivity index (χ0v) is 22.9.